The molecule has 0 bridgehead atoms. The highest BCUT2D eigenvalue weighted by molar-refractivity contribution is 5.87. The van der Waals surface area contributed by atoms with Crippen LogP contribution in [0.4, 0.5) is 0 Å². The van der Waals surface area contributed by atoms with E-state index < -0.39 is 18.2 Å². The van der Waals surface area contributed by atoms with E-state index in [1.165, 1.54) is 0 Å². The average Bonchev–Trinajstić information content (AvgIpc) is 2.69. The van der Waals surface area contributed by atoms with Crippen molar-refractivity contribution in [3.8, 4) is 5.75 Å². The SMILES string of the molecule is C=C(C)C(=O)OC(CC(OCCC)(OCCC)OCCC)Oc1ccccc1. The predicted octanol–water partition coefficient (Wildman–Crippen LogP) is 4.83. The van der Waals surface area contributed by atoms with Gasteiger partial charge in [-0.25, -0.2) is 4.79 Å². The number of para-hydroxylation sites is 1. The molecule has 0 aromatic heterocycles. The molecule has 0 fully saturated rings. The third-order valence-corrected chi connectivity index (χ3v) is 3.59. The fourth-order valence-electron chi connectivity index (χ4n) is 2.26. The van der Waals surface area contributed by atoms with Gasteiger partial charge in [0.25, 0.3) is 12.3 Å². The number of benzene rings is 1. The summed E-state index contributed by atoms with van der Waals surface area (Å²) >= 11 is 0. The van der Waals surface area contributed by atoms with Crippen molar-refractivity contribution in [2.45, 2.75) is 65.6 Å². The summed E-state index contributed by atoms with van der Waals surface area (Å²) in [5, 5.41) is 0. The third-order valence-electron chi connectivity index (χ3n) is 3.59. The van der Waals surface area contributed by atoms with Crippen LogP contribution in [0.2, 0.25) is 0 Å². The maximum atomic E-state index is 12.1. The maximum absolute atomic E-state index is 12.1. The van der Waals surface area contributed by atoms with Gasteiger partial charge in [-0.1, -0.05) is 45.5 Å². The van der Waals surface area contributed by atoms with Crippen molar-refractivity contribution in [3.63, 3.8) is 0 Å². The molecule has 1 aromatic rings. The average molecular weight is 395 g/mol. The highest BCUT2D eigenvalue weighted by atomic mass is 16.9. The molecule has 0 amide bonds. The molecule has 1 aromatic carbocycles. The molecule has 6 nitrogen and oxygen atoms in total. The third kappa shape index (κ3) is 8.87. The molecule has 28 heavy (non-hydrogen) atoms. The fourth-order valence-corrected chi connectivity index (χ4v) is 2.26. The van der Waals surface area contributed by atoms with Crippen LogP contribution in [0.3, 0.4) is 0 Å². The minimum Gasteiger partial charge on any atom is -0.454 e. The van der Waals surface area contributed by atoms with Gasteiger partial charge in [-0.2, -0.15) is 0 Å². The Kier molecular flexibility index (Phi) is 11.5. The minimum absolute atomic E-state index is 0.0704. The van der Waals surface area contributed by atoms with Crippen molar-refractivity contribution in [3.05, 3.63) is 42.5 Å². The van der Waals surface area contributed by atoms with Crippen molar-refractivity contribution in [2.75, 3.05) is 19.8 Å². The zero-order chi connectivity index (χ0) is 20.8. The van der Waals surface area contributed by atoms with Crippen LogP contribution in [0.15, 0.2) is 42.5 Å². The number of esters is 1. The second-order valence-electron chi connectivity index (χ2n) is 6.48. The summed E-state index contributed by atoms with van der Waals surface area (Å²) in [6, 6.07) is 9.14. The zero-order valence-electron chi connectivity index (χ0n) is 17.6. The first-order valence-corrected chi connectivity index (χ1v) is 9.96. The van der Waals surface area contributed by atoms with Gasteiger partial charge < -0.3 is 23.7 Å². The van der Waals surface area contributed by atoms with Crippen molar-refractivity contribution < 1.29 is 28.5 Å². The molecular weight excluding hydrogens is 360 g/mol. The van der Waals surface area contributed by atoms with Crippen molar-refractivity contribution in [1.82, 2.24) is 0 Å². The molecule has 0 aliphatic rings. The first kappa shape index (κ1) is 24.1. The molecule has 1 atom stereocenters. The standard InChI is InChI=1S/C22H34O6/c1-6-14-24-22(25-15-7-2,26-16-8-3)17-20(28-21(23)18(4)5)27-19-12-10-9-11-13-19/h9-13,20H,4,6-8,14-17H2,1-3,5H3. The van der Waals surface area contributed by atoms with Crippen LogP contribution in [-0.2, 0) is 23.7 Å². The van der Waals surface area contributed by atoms with Gasteiger partial charge in [-0.15, -0.1) is 0 Å². The molecular formula is C22H34O6. The van der Waals surface area contributed by atoms with Crippen LogP contribution in [0.1, 0.15) is 53.4 Å². The number of carbonyl (C=O) groups excluding carboxylic acids is 1. The van der Waals surface area contributed by atoms with Crippen molar-refractivity contribution >= 4 is 5.97 Å². The fraction of sp³-hybridized carbons (Fsp3) is 0.591. The van der Waals surface area contributed by atoms with E-state index in [0.29, 0.717) is 25.6 Å². The van der Waals surface area contributed by atoms with E-state index in [1.807, 2.05) is 39.0 Å². The number of hydrogen-bond donors (Lipinski definition) is 0. The van der Waals surface area contributed by atoms with E-state index in [4.69, 9.17) is 23.7 Å². The van der Waals surface area contributed by atoms with Crippen molar-refractivity contribution in [2.24, 2.45) is 0 Å². The predicted molar refractivity (Wildman–Crippen MR) is 108 cm³/mol. The quantitative estimate of drug-likeness (QED) is 0.241. The number of hydrogen-bond acceptors (Lipinski definition) is 6. The van der Waals surface area contributed by atoms with E-state index >= 15 is 0 Å². The Hall–Kier alpha value is -1.89. The van der Waals surface area contributed by atoms with Crippen LogP contribution in [0, 0.1) is 0 Å². The second-order valence-corrected chi connectivity index (χ2v) is 6.48. The molecule has 0 aliphatic carbocycles. The highest BCUT2D eigenvalue weighted by Crippen LogP contribution is 2.27. The topological polar surface area (TPSA) is 63.2 Å². The van der Waals surface area contributed by atoms with Gasteiger partial charge in [-0.3, -0.25) is 0 Å². The molecule has 0 aliphatic heterocycles. The van der Waals surface area contributed by atoms with E-state index in [9.17, 15) is 4.79 Å². The van der Waals surface area contributed by atoms with Gasteiger partial charge in [0.15, 0.2) is 0 Å². The van der Waals surface area contributed by atoms with Crippen LogP contribution in [-0.4, -0.2) is 38.1 Å². The number of rotatable bonds is 15. The smallest absolute Gasteiger partial charge is 0.336 e. The van der Waals surface area contributed by atoms with Crippen LogP contribution in [0.25, 0.3) is 0 Å². The molecule has 6 heteroatoms. The molecule has 158 valence electrons. The largest absolute Gasteiger partial charge is 0.454 e. The summed E-state index contributed by atoms with van der Waals surface area (Å²) in [6.07, 6.45) is 1.49. The number of ether oxygens (including phenoxy) is 5. The molecule has 0 spiro atoms. The van der Waals surface area contributed by atoms with Gasteiger partial charge in [0.1, 0.15) is 12.2 Å². The molecule has 0 saturated carbocycles. The molecule has 0 saturated heterocycles. The van der Waals surface area contributed by atoms with E-state index in [-0.39, 0.29) is 12.0 Å². The highest BCUT2D eigenvalue weighted by Gasteiger charge is 2.39. The van der Waals surface area contributed by atoms with E-state index in [0.717, 1.165) is 19.3 Å². The second kappa shape index (κ2) is 13.3. The lowest BCUT2D eigenvalue weighted by molar-refractivity contribution is -0.394. The zero-order valence-corrected chi connectivity index (χ0v) is 17.6. The monoisotopic (exact) mass is 394 g/mol. The Morgan fingerprint density at radius 3 is 1.89 bits per heavy atom. The van der Waals surface area contributed by atoms with Gasteiger partial charge in [0, 0.05) is 5.57 Å². The first-order valence-electron chi connectivity index (χ1n) is 9.96. The lowest BCUT2D eigenvalue weighted by Gasteiger charge is -2.35. The molecule has 0 heterocycles. The molecule has 1 rings (SSSR count). The van der Waals surface area contributed by atoms with Crippen LogP contribution < -0.4 is 4.74 Å². The Bertz CT molecular complexity index is 550. The Labute approximate surface area is 168 Å². The van der Waals surface area contributed by atoms with Crippen LogP contribution >= 0.6 is 0 Å². The van der Waals surface area contributed by atoms with Crippen molar-refractivity contribution in [1.29, 1.82) is 0 Å². The van der Waals surface area contributed by atoms with E-state index in [2.05, 4.69) is 6.58 Å². The van der Waals surface area contributed by atoms with Gasteiger partial charge >= 0.3 is 5.97 Å². The normalized spacial score (nSPS) is 12.4. The minimum atomic E-state index is -1.35. The summed E-state index contributed by atoms with van der Waals surface area (Å²) in [4.78, 5) is 12.1. The lowest BCUT2D eigenvalue weighted by Crippen LogP contribution is -2.45. The first-order chi connectivity index (χ1) is 13.5. The molecule has 0 radical (unpaired) electrons. The van der Waals surface area contributed by atoms with Gasteiger partial charge in [-0.05, 0) is 38.3 Å². The summed E-state index contributed by atoms with van der Waals surface area (Å²) in [5.41, 5.74) is 0.283. The summed E-state index contributed by atoms with van der Waals surface area (Å²) in [5.74, 6) is -1.33. The lowest BCUT2D eigenvalue weighted by atomic mass is 10.3. The van der Waals surface area contributed by atoms with Gasteiger partial charge in [0.2, 0.25) is 0 Å². The Morgan fingerprint density at radius 2 is 1.46 bits per heavy atom. The van der Waals surface area contributed by atoms with Crippen LogP contribution in [0.5, 0.6) is 5.75 Å². The maximum Gasteiger partial charge on any atom is 0.336 e. The van der Waals surface area contributed by atoms with E-state index in [1.54, 1.807) is 19.1 Å². The Balaban J connectivity index is 3.07. The molecule has 0 N–H and O–H groups in total. The summed E-state index contributed by atoms with van der Waals surface area (Å²) in [7, 11) is 0. The Morgan fingerprint density at radius 1 is 0.964 bits per heavy atom. The number of carbonyl (C=O) groups is 1. The summed E-state index contributed by atoms with van der Waals surface area (Å²) in [6.45, 7) is 12.6. The molecule has 1 unspecified atom stereocenters. The van der Waals surface area contributed by atoms with Gasteiger partial charge in [0.05, 0.1) is 19.8 Å². The summed E-state index contributed by atoms with van der Waals surface area (Å²) < 4.78 is 29.3.